The molecule has 96 valence electrons. The maximum Gasteiger partial charge on any atom is 0.233 e. The molecule has 1 aliphatic carbocycles. The molecule has 0 aliphatic heterocycles. The number of benzene rings is 2. The molecule has 1 aromatic heterocycles. The second-order valence-electron chi connectivity index (χ2n) is 5.10. The number of carbonyl (C=O) groups excluding carboxylic acids is 2. The van der Waals surface area contributed by atoms with Gasteiger partial charge in [-0.2, -0.15) is 0 Å². The number of aryl methyl sites for hydroxylation is 1. The van der Waals surface area contributed by atoms with Crippen LogP contribution in [0.2, 0.25) is 0 Å². The lowest BCUT2D eigenvalue weighted by Crippen LogP contribution is -2.16. The van der Waals surface area contributed by atoms with Crippen LogP contribution in [0, 0.1) is 6.92 Å². The molecular weight excluding hydrogens is 250 g/mol. The molecule has 4 rings (SSSR count). The monoisotopic (exact) mass is 261 g/mol. The normalized spacial score (nSPS) is 14.2. The molecule has 2 aromatic carbocycles. The number of hydrogen-bond donors (Lipinski definition) is 1. The first-order valence-electron chi connectivity index (χ1n) is 6.47. The van der Waals surface area contributed by atoms with Crippen molar-refractivity contribution in [3.63, 3.8) is 0 Å². The minimum absolute atomic E-state index is 0.431. The number of aromatic nitrogens is 1. The first-order valence-corrected chi connectivity index (χ1v) is 6.47. The van der Waals surface area contributed by atoms with Crippen LogP contribution >= 0.6 is 0 Å². The van der Waals surface area contributed by atoms with Crippen molar-refractivity contribution < 1.29 is 9.59 Å². The lowest BCUT2D eigenvalue weighted by atomic mass is 9.93. The summed E-state index contributed by atoms with van der Waals surface area (Å²) in [6.45, 7) is 2.05. The number of hydrogen-bond acceptors (Lipinski definition) is 2. The zero-order chi connectivity index (χ0) is 13.9. The fraction of sp³-hybridized carbons (Fsp3) is 0.0588. The second-order valence-corrected chi connectivity index (χ2v) is 5.10. The van der Waals surface area contributed by atoms with Crippen molar-refractivity contribution in [3.8, 4) is 0 Å². The van der Waals surface area contributed by atoms with Gasteiger partial charge >= 0.3 is 0 Å². The molecule has 0 atom stereocenters. The Bertz CT molecular complexity index is 944. The summed E-state index contributed by atoms with van der Waals surface area (Å²) in [5.74, 6) is -0.885. The summed E-state index contributed by atoms with van der Waals surface area (Å²) in [5, 5.41) is 2.22. The summed E-state index contributed by atoms with van der Waals surface area (Å²) >= 11 is 0. The molecule has 0 amide bonds. The number of nitrogens with one attached hydrogen (secondary N) is 1. The highest BCUT2D eigenvalue weighted by atomic mass is 16.2. The first kappa shape index (κ1) is 11.2. The number of allylic oxidation sites excluding steroid dienone is 1. The largest absolute Gasteiger partial charge is 0.354 e. The van der Waals surface area contributed by atoms with E-state index < -0.39 is 11.6 Å². The van der Waals surface area contributed by atoms with Crippen molar-refractivity contribution in [2.24, 2.45) is 0 Å². The highest BCUT2D eigenvalue weighted by Gasteiger charge is 2.23. The minimum atomic E-state index is -0.454. The van der Waals surface area contributed by atoms with E-state index in [-0.39, 0.29) is 0 Å². The third-order valence-electron chi connectivity index (χ3n) is 3.93. The summed E-state index contributed by atoms with van der Waals surface area (Å²) in [6.07, 6.45) is 3.08. The molecule has 0 saturated heterocycles. The quantitative estimate of drug-likeness (QED) is 0.630. The highest BCUT2D eigenvalue weighted by molar-refractivity contribution is 6.50. The predicted octanol–water partition coefficient (Wildman–Crippen LogP) is 3.41. The van der Waals surface area contributed by atoms with Gasteiger partial charge in [0.15, 0.2) is 0 Å². The van der Waals surface area contributed by atoms with Crippen molar-refractivity contribution in [1.29, 1.82) is 0 Å². The lowest BCUT2D eigenvalue weighted by molar-refractivity contribution is -0.110. The molecule has 3 aromatic rings. The number of H-pyrrole nitrogens is 1. The molecule has 0 spiro atoms. The molecule has 1 heterocycles. The maximum atomic E-state index is 11.9. The van der Waals surface area contributed by atoms with Crippen LogP contribution in [0.3, 0.4) is 0 Å². The van der Waals surface area contributed by atoms with Crippen LogP contribution in [0.5, 0.6) is 0 Å². The van der Waals surface area contributed by atoms with E-state index in [1.54, 1.807) is 12.1 Å². The van der Waals surface area contributed by atoms with Crippen LogP contribution in [-0.2, 0) is 4.79 Å². The molecule has 0 saturated carbocycles. The Kier molecular flexibility index (Phi) is 2.05. The van der Waals surface area contributed by atoms with Crippen molar-refractivity contribution >= 4 is 39.4 Å². The van der Waals surface area contributed by atoms with Crippen LogP contribution in [0.4, 0.5) is 0 Å². The maximum absolute atomic E-state index is 11.9. The Morgan fingerprint density at radius 1 is 0.900 bits per heavy atom. The molecule has 0 unspecified atom stereocenters. The van der Waals surface area contributed by atoms with Gasteiger partial charge in [0.1, 0.15) is 0 Å². The standard InChI is InChI=1S/C17H11NO2/c1-9-3-2-4-10-11-5-6-13-12(16(11)18-15(9)10)7-8-14(19)17(13)20/h2-8,18H,1H3. The van der Waals surface area contributed by atoms with Crippen LogP contribution in [0.1, 0.15) is 21.5 Å². The Labute approximate surface area is 114 Å². The molecule has 3 heteroatoms. The van der Waals surface area contributed by atoms with Gasteiger partial charge in [0.2, 0.25) is 11.6 Å². The van der Waals surface area contributed by atoms with Gasteiger partial charge in [0.25, 0.3) is 0 Å². The fourth-order valence-corrected chi connectivity index (χ4v) is 2.90. The summed E-state index contributed by atoms with van der Waals surface area (Å²) in [5.41, 5.74) is 4.45. The molecule has 1 N–H and O–H groups in total. The molecular formula is C17H11NO2. The van der Waals surface area contributed by atoms with Gasteiger partial charge in [-0.15, -0.1) is 0 Å². The van der Waals surface area contributed by atoms with Crippen molar-refractivity contribution in [1.82, 2.24) is 4.98 Å². The summed E-state index contributed by atoms with van der Waals surface area (Å²) < 4.78 is 0. The number of Topliss-reactive ketones (excluding diaryl/α,β-unsaturated/α-hetero) is 1. The van der Waals surface area contributed by atoms with Gasteiger partial charge in [-0.1, -0.05) is 24.3 Å². The Morgan fingerprint density at radius 2 is 1.70 bits per heavy atom. The molecule has 1 aliphatic rings. The third-order valence-corrected chi connectivity index (χ3v) is 3.93. The minimum Gasteiger partial charge on any atom is -0.354 e. The number of para-hydroxylation sites is 1. The van der Waals surface area contributed by atoms with Crippen LogP contribution in [-0.4, -0.2) is 16.6 Å². The van der Waals surface area contributed by atoms with E-state index in [2.05, 4.69) is 24.0 Å². The topological polar surface area (TPSA) is 49.9 Å². The smallest absolute Gasteiger partial charge is 0.233 e. The number of carbonyl (C=O) groups is 2. The van der Waals surface area contributed by atoms with E-state index >= 15 is 0 Å². The van der Waals surface area contributed by atoms with Crippen molar-refractivity contribution in [2.45, 2.75) is 6.92 Å². The van der Waals surface area contributed by atoms with E-state index in [1.165, 1.54) is 6.08 Å². The summed E-state index contributed by atoms with van der Waals surface area (Å²) in [4.78, 5) is 26.8. The van der Waals surface area contributed by atoms with Gasteiger partial charge in [-0.05, 0) is 30.7 Å². The van der Waals surface area contributed by atoms with Crippen LogP contribution in [0.25, 0.3) is 27.9 Å². The summed E-state index contributed by atoms with van der Waals surface area (Å²) in [7, 11) is 0. The second kappa shape index (κ2) is 3.67. The Hall–Kier alpha value is -2.68. The molecule has 20 heavy (non-hydrogen) atoms. The van der Waals surface area contributed by atoms with Gasteiger partial charge < -0.3 is 4.98 Å². The molecule has 0 bridgehead atoms. The molecule has 0 radical (unpaired) electrons. The number of fused-ring (bicyclic) bond motifs is 5. The number of ketones is 2. The van der Waals surface area contributed by atoms with Crippen LogP contribution in [0.15, 0.2) is 36.4 Å². The average Bonchev–Trinajstić information content (AvgIpc) is 2.83. The number of aromatic amines is 1. The number of rotatable bonds is 0. The summed E-state index contributed by atoms with van der Waals surface area (Å²) in [6, 6.07) is 9.80. The zero-order valence-electron chi connectivity index (χ0n) is 10.9. The van der Waals surface area contributed by atoms with E-state index in [4.69, 9.17) is 0 Å². The van der Waals surface area contributed by atoms with E-state index in [0.717, 1.165) is 32.9 Å². The first-order chi connectivity index (χ1) is 9.66. The zero-order valence-corrected chi connectivity index (χ0v) is 10.9. The Morgan fingerprint density at radius 3 is 2.55 bits per heavy atom. The van der Waals surface area contributed by atoms with Crippen molar-refractivity contribution in [2.75, 3.05) is 0 Å². The lowest BCUT2D eigenvalue weighted by Gasteiger charge is -2.09. The SMILES string of the molecule is Cc1cccc2c1[nH]c1c3c(ccc12)C(=O)C(=O)C=C3. The fourth-order valence-electron chi connectivity index (χ4n) is 2.90. The van der Waals surface area contributed by atoms with E-state index in [9.17, 15) is 9.59 Å². The van der Waals surface area contributed by atoms with Crippen LogP contribution < -0.4 is 0 Å². The predicted molar refractivity (Wildman–Crippen MR) is 78.9 cm³/mol. The third kappa shape index (κ3) is 1.29. The molecule has 3 nitrogen and oxygen atoms in total. The van der Waals surface area contributed by atoms with E-state index in [1.807, 2.05) is 12.1 Å². The van der Waals surface area contributed by atoms with Gasteiger partial charge in [-0.25, -0.2) is 0 Å². The van der Waals surface area contributed by atoms with Crippen molar-refractivity contribution in [3.05, 3.63) is 53.1 Å². The average molecular weight is 261 g/mol. The van der Waals surface area contributed by atoms with Gasteiger partial charge in [-0.3, -0.25) is 9.59 Å². The van der Waals surface area contributed by atoms with Gasteiger partial charge in [0.05, 0.1) is 5.52 Å². The highest BCUT2D eigenvalue weighted by Crippen LogP contribution is 2.33. The van der Waals surface area contributed by atoms with Gasteiger partial charge in [0, 0.05) is 27.4 Å². The van der Waals surface area contributed by atoms with E-state index in [0.29, 0.717) is 5.56 Å². The Balaban J connectivity index is 2.20. The molecule has 0 fully saturated rings.